The quantitative estimate of drug-likeness (QED) is 0.193. The highest BCUT2D eigenvalue weighted by atomic mass is 35.5. The van der Waals surface area contributed by atoms with Gasteiger partial charge in [-0.2, -0.15) is 5.10 Å². The standard InChI is InChI=1S/C24H21Cl2N5O6/c1-2-36-20-6-4-3-5-19(20)30-23(34)24(35)31-28-13-18-8-7-17(37-18)12-27-21(32)22(33)29-16-10-14(25)9-15(26)11-16/h3-11,13H,2,12H2,1H3,(H,27,32)(H,29,33)(H,30,34)(H,31,35)/b28-13+. The smallest absolute Gasteiger partial charge is 0.329 e. The van der Waals surface area contributed by atoms with Crippen molar-refractivity contribution in [2.75, 3.05) is 17.2 Å². The van der Waals surface area contributed by atoms with Gasteiger partial charge in [-0.1, -0.05) is 35.3 Å². The molecular formula is C24H21Cl2N5O6. The van der Waals surface area contributed by atoms with Crippen molar-refractivity contribution in [2.45, 2.75) is 13.5 Å². The Balaban J connectivity index is 1.45. The van der Waals surface area contributed by atoms with Crippen LogP contribution in [0.3, 0.4) is 0 Å². The zero-order valence-corrected chi connectivity index (χ0v) is 20.9. The number of rotatable bonds is 8. The largest absolute Gasteiger partial charge is 0.492 e. The Kier molecular flexibility index (Phi) is 9.64. The van der Waals surface area contributed by atoms with E-state index in [-0.39, 0.29) is 18.0 Å². The number of carbonyl (C=O) groups excluding carboxylic acids is 4. The molecule has 0 saturated heterocycles. The predicted molar refractivity (Wildman–Crippen MR) is 138 cm³/mol. The molecule has 1 heterocycles. The minimum absolute atomic E-state index is 0.0929. The van der Waals surface area contributed by atoms with E-state index >= 15 is 0 Å². The van der Waals surface area contributed by atoms with Crippen LogP contribution in [0.1, 0.15) is 18.4 Å². The second-order valence-corrected chi connectivity index (χ2v) is 8.05. The summed E-state index contributed by atoms with van der Waals surface area (Å²) in [7, 11) is 0. The Morgan fingerprint density at radius 1 is 0.919 bits per heavy atom. The fourth-order valence-electron chi connectivity index (χ4n) is 2.86. The molecule has 11 nitrogen and oxygen atoms in total. The molecule has 4 N–H and O–H groups in total. The van der Waals surface area contributed by atoms with Crippen LogP contribution in [0.2, 0.25) is 10.0 Å². The second kappa shape index (κ2) is 13.1. The molecule has 1 aromatic heterocycles. The Morgan fingerprint density at radius 2 is 1.62 bits per heavy atom. The zero-order valence-electron chi connectivity index (χ0n) is 19.3. The number of hydrogen-bond acceptors (Lipinski definition) is 7. The highest BCUT2D eigenvalue weighted by molar-refractivity contribution is 6.40. The minimum Gasteiger partial charge on any atom is -0.492 e. The summed E-state index contributed by atoms with van der Waals surface area (Å²) in [5.41, 5.74) is 2.70. The summed E-state index contributed by atoms with van der Waals surface area (Å²) in [4.78, 5) is 48.2. The SMILES string of the molecule is CCOc1ccccc1NC(=O)C(=O)N/N=C/c1ccc(CNC(=O)C(=O)Nc2cc(Cl)cc(Cl)c2)o1. The van der Waals surface area contributed by atoms with Crippen molar-refractivity contribution >= 4 is 64.4 Å². The first-order chi connectivity index (χ1) is 17.7. The van der Waals surface area contributed by atoms with Gasteiger partial charge < -0.3 is 25.1 Å². The molecule has 37 heavy (non-hydrogen) atoms. The van der Waals surface area contributed by atoms with E-state index in [0.717, 1.165) is 0 Å². The fraction of sp³-hybridized carbons (Fsp3) is 0.125. The van der Waals surface area contributed by atoms with E-state index in [1.807, 2.05) is 0 Å². The van der Waals surface area contributed by atoms with Gasteiger partial charge >= 0.3 is 23.6 Å². The van der Waals surface area contributed by atoms with Crippen molar-refractivity contribution in [3.63, 3.8) is 0 Å². The summed E-state index contributed by atoms with van der Waals surface area (Å²) in [6.45, 7) is 2.10. The van der Waals surface area contributed by atoms with E-state index in [9.17, 15) is 19.2 Å². The topological polar surface area (TPSA) is 151 Å². The van der Waals surface area contributed by atoms with Gasteiger partial charge in [-0.05, 0) is 49.4 Å². The van der Waals surface area contributed by atoms with Gasteiger partial charge in [0.25, 0.3) is 0 Å². The Labute approximate surface area is 221 Å². The lowest BCUT2D eigenvalue weighted by molar-refractivity contribution is -0.136. The summed E-state index contributed by atoms with van der Waals surface area (Å²) in [5, 5.41) is 11.5. The molecule has 192 valence electrons. The number of carbonyl (C=O) groups is 4. The Bertz CT molecular complexity index is 1320. The third-order valence-corrected chi connectivity index (χ3v) is 4.87. The Hall–Kier alpha value is -4.35. The summed E-state index contributed by atoms with van der Waals surface area (Å²) >= 11 is 11.7. The molecule has 4 amide bonds. The number of amides is 4. The van der Waals surface area contributed by atoms with Crippen LogP contribution in [-0.4, -0.2) is 36.5 Å². The lowest BCUT2D eigenvalue weighted by atomic mass is 10.3. The number of ether oxygens (including phenoxy) is 1. The maximum atomic E-state index is 12.1. The summed E-state index contributed by atoms with van der Waals surface area (Å²) in [5.74, 6) is -2.81. The molecular weight excluding hydrogens is 525 g/mol. The number of nitrogens with one attached hydrogen (secondary N) is 4. The first kappa shape index (κ1) is 27.2. The van der Waals surface area contributed by atoms with E-state index in [4.69, 9.17) is 32.4 Å². The van der Waals surface area contributed by atoms with Gasteiger partial charge in [-0.3, -0.25) is 19.2 Å². The molecule has 3 rings (SSSR count). The lowest BCUT2D eigenvalue weighted by Gasteiger charge is -2.10. The van der Waals surface area contributed by atoms with Gasteiger partial charge in [0.05, 0.1) is 25.1 Å². The van der Waals surface area contributed by atoms with Gasteiger partial charge in [-0.25, -0.2) is 5.43 Å². The number of benzene rings is 2. The number of halogens is 2. The van der Waals surface area contributed by atoms with Gasteiger partial charge in [0, 0.05) is 15.7 Å². The molecule has 13 heteroatoms. The molecule has 0 radical (unpaired) electrons. The molecule has 3 aromatic rings. The number of hydrogen-bond donors (Lipinski definition) is 4. The molecule has 2 aromatic carbocycles. The van der Waals surface area contributed by atoms with Crippen molar-refractivity contribution in [2.24, 2.45) is 5.10 Å². The van der Waals surface area contributed by atoms with E-state index < -0.39 is 23.6 Å². The average molecular weight is 546 g/mol. The molecule has 0 aliphatic heterocycles. The third-order valence-electron chi connectivity index (χ3n) is 4.43. The molecule has 0 saturated carbocycles. The molecule has 0 aliphatic carbocycles. The molecule has 0 unspecified atom stereocenters. The van der Waals surface area contributed by atoms with Crippen LogP contribution in [0.5, 0.6) is 5.75 Å². The number of anilines is 2. The van der Waals surface area contributed by atoms with Crippen molar-refractivity contribution < 1.29 is 28.3 Å². The predicted octanol–water partition coefficient (Wildman–Crippen LogP) is 3.33. The Morgan fingerprint density at radius 3 is 2.35 bits per heavy atom. The van der Waals surface area contributed by atoms with E-state index in [1.54, 1.807) is 31.2 Å². The average Bonchev–Trinajstić information content (AvgIpc) is 3.30. The summed E-state index contributed by atoms with van der Waals surface area (Å²) in [6.07, 6.45) is 1.17. The van der Waals surface area contributed by atoms with Gasteiger partial charge in [0.15, 0.2) is 0 Å². The number of para-hydroxylation sites is 2. The van der Waals surface area contributed by atoms with Crippen molar-refractivity contribution in [1.82, 2.24) is 10.7 Å². The molecule has 0 spiro atoms. The monoisotopic (exact) mass is 545 g/mol. The van der Waals surface area contributed by atoms with Gasteiger partial charge in [0.2, 0.25) is 0 Å². The molecule has 0 fully saturated rings. The van der Waals surface area contributed by atoms with Gasteiger partial charge in [-0.15, -0.1) is 0 Å². The van der Waals surface area contributed by atoms with E-state index in [2.05, 4.69) is 26.5 Å². The number of nitrogens with zero attached hydrogens (tertiary/aromatic N) is 1. The maximum Gasteiger partial charge on any atom is 0.329 e. The van der Waals surface area contributed by atoms with Crippen LogP contribution >= 0.6 is 23.2 Å². The normalized spacial score (nSPS) is 10.6. The van der Waals surface area contributed by atoms with Crippen LogP contribution in [0.25, 0.3) is 0 Å². The molecule has 0 bridgehead atoms. The first-order valence-electron chi connectivity index (χ1n) is 10.8. The maximum absolute atomic E-state index is 12.1. The van der Waals surface area contributed by atoms with Crippen molar-refractivity contribution in [3.8, 4) is 5.75 Å². The zero-order chi connectivity index (χ0) is 26.8. The fourth-order valence-corrected chi connectivity index (χ4v) is 3.38. The van der Waals surface area contributed by atoms with Crippen molar-refractivity contribution in [3.05, 3.63) is 76.2 Å². The summed E-state index contributed by atoms with van der Waals surface area (Å²) < 4.78 is 10.8. The number of hydrazone groups is 1. The van der Waals surface area contributed by atoms with Crippen LogP contribution in [0.4, 0.5) is 11.4 Å². The van der Waals surface area contributed by atoms with E-state index in [0.29, 0.717) is 33.8 Å². The molecule has 0 aliphatic rings. The number of furan rings is 1. The highest BCUT2D eigenvalue weighted by Crippen LogP contribution is 2.24. The summed E-state index contributed by atoms with van der Waals surface area (Å²) in [6, 6.07) is 14.1. The van der Waals surface area contributed by atoms with Crippen LogP contribution in [0, 0.1) is 0 Å². The second-order valence-electron chi connectivity index (χ2n) is 7.18. The van der Waals surface area contributed by atoms with Gasteiger partial charge in [0.1, 0.15) is 17.3 Å². The lowest BCUT2D eigenvalue weighted by Crippen LogP contribution is -2.34. The van der Waals surface area contributed by atoms with Crippen LogP contribution in [0.15, 0.2) is 64.1 Å². The van der Waals surface area contributed by atoms with Crippen LogP contribution < -0.4 is 26.1 Å². The molecule has 0 atom stereocenters. The van der Waals surface area contributed by atoms with Crippen LogP contribution in [-0.2, 0) is 25.7 Å². The first-order valence-corrected chi connectivity index (χ1v) is 11.5. The van der Waals surface area contributed by atoms with E-state index in [1.165, 1.54) is 36.5 Å². The van der Waals surface area contributed by atoms with Crippen molar-refractivity contribution in [1.29, 1.82) is 0 Å². The highest BCUT2D eigenvalue weighted by Gasteiger charge is 2.16. The minimum atomic E-state index is -1.01. The third kappa shape index (κ3) is 8.37.